The van der Waals surface area contributed by atoms with Gasteiger partial charge in [0.25, 0.3) is 0 Å². The lowest BCUT2D eigenvalue weighted by molar-refractivity contribution is -0.122. The van der Waals surface area contributed by atoms with Crippen molar-refractivity contribution in [3.63, 3.8) is 0 Å². The van der Waals surface area contributed by atoms with Crippen LogP contribution in [0.1, 0.15) is 45.6 Å². The number of hydrogen-bond acceptors (Lipinski definition) is 4. The first-order chi connectivity index (χ1) is 11.4. The summed E-state index contributed by atoms with van der Waals surface area (Å²) < 4.78 is 0. The summed E-state index contributed by atoms with van der Waals surface area (Å²) in [6.07, 6.45) is 4.20. The number of carbonyl (C=O) groups excluding carboxylic acids is 1. The highest BCUT2D eigenvalue weighted by molar-refractivity contribution is 6.00. The van der Waals surface area contributed by atoms with E-state index in [2.05, 4.69) is 36.7 Å². The number of piperidine rings is 1. The van der Waals surface area contributed by atoms with Crippen LogP contribution in [0.15, 0.2) is 41.5 Å². The number of carbonyl (C=O) groups is 1. The van der Waals surface area contributed by atoms with E-state index >= 15 is 0 Å². The van der Waals surface area contributed by atoms with Crippen LogP contribution in [0.4, 0.5) is 11.4 Å². The zero-order chi connectivity index (χ0) is 17.5. The number of rotatable bonds is 2. The molecule has 2 heterocycles. The second-order valence-corrected chi connectivity index (χ2v) is 6.53. The van der Waals surface area contributed by atoms with Crippen molar-refractivity contribution in [3.05, 3.63) is 42.1 Å². The van der Waals surface area contributed by atoms with Crippen molar-refractivity contribution in [2.75, 3.05) is 5.73 Å². The van der Waals surface area contributed by atoms with Gasteiger partial charge in [-0.05, 0) is 38.8 Å². The van der Waals surface area contributed by atoms with Crippen LogP contribution in [0.5, 0.6) is 0 Å². The number of aliphatic imine (C=N–C) groups is 1. The van der Waals surface area contributed by atoms with Gasteiger partial charge in [0.1, 0.15) is 5.84 Å². The number of nitrogens with zero attached hydrogens (tertiary/aromatic N) is 2. The fourth-order valence-corrected chi connectivity index (χ4v) is 3.57. The lowest BCUT2D eigenvalue weighted by Crippen LogP contribution is -2.56. The van der Waals surface area contributed by atoms with Crippen LogP contribution in [0.25, 0.3) is 5.70 Å². The van der Waals surface area contributed by atoms with E-state index < -0.39 is 5.54 Å². The molecule has 2 aliphatic rings. The Kier molecular flexibility index (Phi) is 3.95. The van der Waals surface area contributed by atoms with Crippen molar-refractivity contribution in [1.29, 1.82) is 0 Å². The summed E-state index contributed by atoms with van der Waals surface area (Å²) in [5.74, 6) is 0.901. The topological polar surface area (TPSA) is 70.7 Å². The first kappa shape index (κ1) is 16.3. The lowest BCUT2D eigenvalue weighted by Gasteiger charge is -2.48. The fraction of sp³-hybridized carbons (Fsp3) is 0.368. The van der Waals surface area contributed by atoms with Crippen LogP contribution in [0, 0.1) is 0 Å². The van der Waals surface area contributed by atoms with Crippen LogP contribution in [-0.4, -0.2) is 22.2 Å². The number of benzene rings is 1. The summed E-state index contributed by atoms with van der Waals surface area (Å²) in [5, 5.41) is 2.90. The van der Waals surface area contributed by atoms with E-state index in [0.29, 0.717) is 24.2 Å². The summed E-state index contributed by atoms with van der Waals surface area (Å²) in [4.78, 5) is 18.7. The van der Waals surface area contributed by atoms with Crippen LogP contribution >= 0.6 is 0 Å². The lowest BCUT2D eigenvalue weighted by atomic mass is 9.84. The minimum Gasteiger partial charge on any atom is -0.398 e. The standard InChI is InChI=1S/C19H24N4O/c1-5-7-16-18-14(20)8-6-9-15(18)22-13(3)23(16)19(4)11-10-17(24)21-12(19)2/h6-9H,2,5,10-11,20H2,1,3-4H3,(H,21,24)/b16-7+. The van der Waals surface area contributed by atoms with Gasteiger partial charge in [0.05, 0.1) is 16.9 Å². The van der Waals surface area contributed by atoms with Crippen LogP contribution in [0.3, 0.4) is 0 Å². The molecule has 2 aliphatic heterocycles. The molecule has 0 saturated carbocycles. The van der Waals surface area contributed by atoms with Gasteiger partial charge in [-0.3, -0.25) is 4.79 Å². The molecule has 5 nitrogen and oxygen atoms in total. The number of allylic oxidation sites excluding steroid dienone is 1. The minimum absolute atomic E-state index is 0.0185. The quantitative estimate of drug-likeness (QED) is 0.817. The first-order valence-corrected chi connectivity index (χ1v) is 8.32. The molecule has 0 radical (unpaired) electrons. The molecule has 3 N–H and O–H groups in total. The minimum atomic E-state index is -0.428. The fourth-order valence-electron chi connectivity index (χ4n) is 3.57. The Hall–Kier alpha value is -2.56. The monoisotopic (exact) mass is 324 g/mol. The molecular weight excluding hydrogens is 300 g/mol. The van der Waals surface area contributed by atoms with Crippen molar-refractivity contribution in [2.24, 2.45) is 4.99 Å². The third kappa shape index (κ3) is 2.40. The summed E-state index contributed by atoms with van der Waals surface area (Å²) in [5.41, 5.74) is 10.1. The Morgan fingerprint density at radius 3 is 2.92 bits per heavy atom. The van der Waals surface area contributed by atoms with E-state index in [-0.39, 0.29) is 5.91 Å². The molecule has 1 fully saturated rings. The van der Waals surface area contributed by atoms with Gasteiger partial charge in [-0.25, -0.2) is 4.99 Å². The number of amidine groups is 1. The third-order valence-corrected chi connectivity index (χ3v) is 4.85. The highest BCUT2D eigenvalue weighted by Crippen LogP contribution is 2.44. The number of hydrogen-bond donors (Lipinski definition) is 2. The van der Waals surface area contributed by atoms with Crippen molar-refractivity contribution in [2.45, 2.75) is 45.6 Å². The van der Waals surface area contributed by atoms with Gasteiger partial charge in [-0.2, -0.15) is 0 Å². The number of amides is 1. The summed E-state index contributed by atoms with van der Waals surface area (Å²) in [6, 6.07) is 5.80. The molecule has 1 saturated heterocycles. The molecule has 3 rings (SSSR count). The predicted molar refractivity (Wildman–Crippen MR) is 98.7 cm³/mol. The maximum absolute atomic E-state index is 11.7. The van der Waals surface area contributed by atoms with Crippen LogP contribution in [0.2, 0.25) is 0 Å². The van der Waals surface area contributed by atoms with Gasteiger partial charge < -0.3 is 16.0 Å². The van der Waals surface area contributed by atoms with E-state index in [4.69, 9.17) is 10.7 Å². The van der Waals surface area contributed by atoms with Gasteiger partial charge in [-0.15, -0.1) is 0 Å². The molecule has 0 spiro atoms. The SMILES string of the molecule is C=C1NC(=O)CCC1(C)N1C(C)=Nc2cccc(N)c2/C1=C\CC. The average Bonchev–Trinajstić information content (AvgIpc) is 2.51. The number of anilines is 1. The van der Waals surface area contributed by atoms with Gasteiger partial charge >= 0.3 is 0 Å². The largest absolute Gasteiger partial charge is 0.398 e. The zero-order valence-electron chi connectivity index (χ0n) is 14.5. The average molecular weight is 324 g/mol. The zero-order valence-corrected chi connectivity index (χ0v) is 14.5. The van der Waals surface area contributed by atoms with E-state index in [1.807, 2.05) is 25.1 Å². The van der Waals surface area contributed by atoms with Crippen LogP contribution in [-0.2, 0) is 4.79 Å². The van der Waals surface area contributed by atoms with E-state index in [9.17, 15) is 4.79 Å². The summed E-state index contributed by atoms with van der Waals surface area (Å²) in [6.45, 7) is 10.3. The molecule has 1 amide bonds. The summed E-state index contributed by atoms with van der Waals surface area (Å²) in [7, 11) is 0. The van der Waals surface area contributed by atoms with E-state index in [0.717, 1.165) is 29.2 Å². The maximum atomic E-state index is 11.7. The number of fused-ring (bicyclic) bond motifs is 1. The Labute approximate surface area is 142 Å². The molecule has 5 heteroatoms. The molecule has 24 heavy (non-hydrogen) atoms. The molecule has 1 atom stereocenters. The van der Waals surface area contributed by atoms with Crippen LogP contribution < -0.4 is 11.1 Å². The van der Waals surface area contributed by atoms with E-state index in [1.165, 1.54) is 0 Å². The maximum Gasteiger partial charge on any atom is 0.224 e. The second kappa shape index (κ2) is 5.82. The van der Waals surface area contributed by atoms with Crippen molar-refractivity contribution < 1.29 is 4.79 Å². The highest BCUT2D eigenvalue weighted by atomic mass is 16.1. The number of nitrogens with one attached hydrogen (secondary N) is 1. The second-order valence-electron chi connectivity index (χ2n) is 6.53. The summed E-state index contributed by atoms with van der Waals surface area (Å²) >= 11 is 0. The molecule has 126 valence electrons. The van der Waals surface area contributed by atoms with Gasteiger partial charge in [0, 0.05) is 23.4 Å². The number of nitrogens with two attached hydrogens (primary N) is 1. The normalized spacial score (nSPS) is 25.4. The molecule has 1 aromatic rings. The van der Waals surface area contributed by atoms with Crippen molar-refractivity contribution in [1.82, 2.24) is 10.2 Å². The Balaban J connectivity index is 2.18. The molecule has 0 aliphatic carbocycles. The molecule has 1 unspecified atom stereocenters. The van der Waals surface area contributed by atoms with Gasteiger partial charge in [0.2, 0.25) is 5.91 Å². The molecule has 0 aromatic heterocycles. The van der Waals surface area contributed by atoms with E-state index in [1.54, 1.807) is 0 Å². The van der Waals surface area contributed by atoms with Crippen molar-refractivity contribution >= 4 is 28.8 Å². The predicted octanol–water partition coefficient (Wildman–Crippen LogP) is 3.57. The smallest absolute Gasteiger partial charge is 0.224 e. The van der Waals surface area contributed by atoms with Gasteiger partial charge in [-0.1, -0.05) is 25.6 Å². The highest BCUT2D eigenvalue weighted by Gasteiger charge is 2.43. The number of nitrogen functional groups attached to an aromatic ring is 1. The van der Waals surface area contributed by atoms with Gasteiger partial charge in [0.15, 0.2) is 0 Å². The Bertz CT molecular complexity index is 778. The molecule has 1 aromatic carbocycles. The molecular formula is C19H24N4O. The Morgan fingerprint density at radius 2 is 2.25 bits per heavy atom. The third-order valence-electron chi connectivity index (χ3n) is 4.85. The first-order valence-electron chi connectivity index (χ1n) is 8.32. The van der Waals surface area contributed by atoms with Crippen molar-refractivity contribution in [3.8, 4) is 0 Å². The Morgan fingerprint density at radius 1 is 1.50 bits per heavy atom. The molecule has 0 bridgehead atoms.